The van der Waals surface area contributed by atoms with Gasteiger partial charge >= 0.3 is 5.97 Å². The first kappa shape index (κ1) is 20.4. The van der Waals surface area contributed by atoms with E-state index in [4.69, 9.17) is 9.16 Å². The van der Waals surface area contributed by atoms with E-state index in [1.165, 1.54) is 6.92 Å². The van der Waals surface area contributed by atoms with Gasteiger partial charge in [0.2, 0.25) is 0 Å². The smallest absolute Gasteiger partial charge is 0.303 e. The van der Waals surface area contributed by atoms with Gasteiger partial charge in [0.1, 0.15) is 6.10 Å². The van der Waals surface area contributed by atoms with Gasteiger partial charge in [0.05, 0.1) is 0 Å². The van der Waals surface area contributed by atoms with Crippen LogP contribution < -0.4 is 0 Å². The molecule has 0 rings (SSSR count). The molecule has 0 radical (unpaired) electrons. The fourth-order valence-electron chi connectivity index (χ4n) is 1.85. The zero-order valence-corrected chi connectivity index (χ0v) is 16.2. The molecule has 124 valence electrons. The highest BCUT2D eigenvalue weighted by molar-refractivity contribution is 6.74. The highest BCUT2D eigenvalue weighted by atomic mass is 28.4. The van der Waals surface area contributed by atoms with Gasteiger partial charge in [0.15, 0.2) is 8.32 Å². The van der Waals surface area contributed by atoms with Crippen molar-refractivity contribution in [3.8, 4) is 0 Å². The van der Waals surface area contributed by atoms with Crippen LogP contribution in [-0.2, 0) is 14.0 Å². The molecule has 0 saturated carbocycles. The van der Waals surface area contributed by atoms with Crippen LogP contribution in [0.25, 0.3) is 0 Å². The van der Waals surface area contributed by atoms with Crippen LogP contribution in [0.1, 0.15) is 60.8 Å². The number of rotatable bonds is 8. The Morgan fingerprint density at radius 1 is 1.24 bits per heavy atom. The Kier molecular flexibility index (Phi) is 8.48. The number of hydrogen-bond donors (Lipinski definition) is 0. The Bertz CT molecular complexity index is 342. The quantitative estimate of drug-likeness (QED) is 0.271. The lowest BCUT2D eigenvalue weighted by Gasteiger charge is -2.38. The van der Waals surface area contributed by atoms with Crippen LogP contribution in [0.3, 0.4) is 0 Å². The lowest BCUT2D eigenvalue weighted by Crippen LogP contribution is -2.43. The Morgan fingerprint density at radius 2 is 1.81 bits per heavy atom. The molecule has 4 heteroatoms. The van der Waals surface area contributed by atoms with Crippen LogP contribution in [0.2, 0.25) is 18.1 Å². The lowest BCUT2D eigenvalue weighted by molar-refractivity contribution is -0.143. The van der Waals surface area contributed by atoms with Crippen molar-refractivity contribution in [3.05, 3.63) is 12.2 Å². The van der Waals surface area contributed by atoms with E-state index in [-0.39, 0.29) is 17.1 Å². The molecule has 0 N–H and O–H groups in total. The van der Waals surface area contributed by atoms with Crippen LogP contribution in [0.15, 0.2) is 12.2 Å². The van der Waals surface area contributed by atoms with Gasteiger partial charge in [-0.2, -0.15) is 0 Å². The summed E-state index contributed by atoms with van der Waals surface area (Å²) in [4.78, 5) is 10.8. The average molecular weight is 315 g/mol. The van der Waals surface area contributed by atoms with Crippen molar-refractivity contribution < 1.29 is 14.0 Å². The van der Waals surface area contributed by atoms with Crippen LogP contribution in [-0.4, -0.2) is 26.5 Å². The van der Waals surface area contributed by atoms with Crippen molar-refractivity contribution >= 4 is 14.3 Å². The number of hydrogen-bond acceptors (Lipinski definition) is 3. The van der Waals surface area contributed by atoms with Gasteiger partial charge in [-0.3, -0.25) is 4.79 Å². The third kappa shape index (κ3) is 9.09. The Balaban J connectivity index is 3.98. The number of unbranched alkanes of at least 4 members (excludes halogenated alkanes) is 1. The summed E-state index contributed by atoms with van der Waals surface area (Å²) >= 11 is 0. The van der Waals surface area contributed by atoms with Gasteiger partial charge in [0, 0.05) is 13.0 Å². The second-order valence-electron chi connectivity index (χ2n) is 7.36. The molecule has 0 bridgehead atoms. The SMILES string of the molecule is CC(=O)O[C@H](C)/C=C\CCC[C@H](C)O[Si](C)(C)C(C)(C)C. The molecule has 0 aromatic carbocycles. The predicted octanol–water partition coefficient (Wildman–Crippen LogP) is 5.07. The molecule has 21 heavy (non-hydrogen) atoms. The molecule has 0 saturated heterocycles. The Labute approximate surface area is 132 Å². The van der Waals surface area contributed by atoms with Crippen molar-refractivity contribution in [1.29, 1.82) is 0 Å². The van der Waals surface area contributed by atoms with Crippen molar-refractivity contribution in [2.45, 2.75) is 91.1 Å². The van der Waals surface area contributed by atoms with Gasteiger partial charge in [-0.05, 0) is 57.3 Å². The van der Waals surface area contributed by atoms with Crippen LogP contribution in [0, 0.1) is 0 Å². The van der Waals surface area contributed by atoms with E-state index in [0.29, 0.717) is 6.10 Å². The average Bonchev–Trinajstić information content (AvgIpc) is 2.24. The maximum Gasteiger partial charge on any atom is 0.303 e. The summed E-state index contributed by atoms with van der Waals surface area (Å²) in [5.74, 6) is -0.233. The van der Waals surface area contributed by atoms with Crippen LogP contribution in [0.5, 0.6) is 0 Å². The summed E-state index contributed by atoms with van der Waals surface area (Å²) in [5.41, 5.74) is 0. The van der Waals surface area contributed by atoms with E-state index in [1.807, 2.05) is 13.0 Å². The topological polar surface area (TPSA) is 35.5 Å². The third-order valence-corrected chi connectivity index (χ3v) is 8.65. The first-order valence-electron chi connectivity index (χ1n) is 7.97. The van der Waals surface area contributed by atoms with Crippen molar-refractivity contribution in [2.24, 2.45) is 0 Å². The Morgan fingerprint density at radius 3 is 2.29 bits per heavy atom. The lowest BCUT2D eigenvalue weighted by atomic mass is 10.1. The fourth-order valence-corrected chi connectivity index (χ4v) is 3.33. The molecule has 0 aliphatic carbocycles. The minimum Gasteiger partial charge on any atom is -0.459 e. The summed E-state index contributed by atoms with van der Waals surface area (Å²) in [6.07, 6.45) is 7.37. The summed E-state index contributed by atoms with van der Waals surface area (Å²) in [6, 6.07) is 0. The molecule has 0 spiro atoms. The van der Waals surface area contributed by atoms with Gasteiger partial charge in [-0.15, -0.1) is 0 Å². The highest BCUT2D eigenvalue weighted by Gasteiger charge is 2.38. The predicted molar refractivity (Wildman–Crippen MR) is 92.0 cm³/mol. The molecular formula is C17H34O3Si. The number of carbonyl (C=O) groups excluding carboxylic acids is 1. The molecule has 0 amide bonds. The number of esters is 1. The highest BCUT2D eigenvalue weighted by Crippen LogP contribution is 2.37. The first-order chi connectivity index (χ1) is 9.45. The normalized spacial score (nSPS) is 16.0. The summed E-state index contributed by atoms with van der Waals surface area (Å²) in [6.45, 7) is 16.9. The molecule has 0 heterocycles. The Hall–Kier alpha value is -0.613. The first-order valence-corrected chi connectivity index (χ1v) is 10.9. The standard InChI is InChI=1S/C17H34O3Si/c1-14(19-16(3)18)12-10-9-11-13-15(2)20-21(7,8)17(4,5)6/h10,12,14-15H,9,11,13H2,1-8H3/b12-10-/t14-,15+/m1/s1. The monoisotopic (exact) mass is 314 g/mol. The minimum atomic E-state index is -1.65. The molecule has 0 aliphatic heterocycles. The summed E-state index contributed by atoms with van der Waals surface area (Å²) < 4.78 is 11.4. The molecule has 0 fully saturated rings. The minimum absolute atomic E-state index is 0.136. The molecule has 3 nitrogen and oxygen atoms in total. The van der Waals surface area contributed by atoms with E-state index in [2.05, 4.69) is 46.9 Å². The van der Waals surface area contributed by atoms with Crippen molar-refractivity contribution in [1.82, 2.24) is 0 Å². The van der Waals surface area contributed by atoms with Gasteiger partial charge in [-0.25, -0.2) is 0 Å². The fraction of sp³-hybridized carbons (Fsp3) is 0.824. The van der Waals surface area contributed by atoms with Crippen molar-refractivity contribution in [2.75, 3.05) is 0 Å². The molecule has 2 atom stereocenters. The van der Waals surface area contributed by atoms with E-state index < -0.39 is 8.32 Å². The van der Waals surface area contributed by atoms with E-state index in [9.17, 15) is 4.79 Å². The van der Waals surface area contributed by atoms with Gasteiger partial charge < -0.3 is 9.16 Å². The number of carbonyl (C=O) groups is 1. The van der Waals surface area contributed by atoms with Crippen molar-refractivity contribution in [3.63, 3.8) is 0 Å². The molecule has 0 aliphatic rings. The number of allylic oxidation sites excluding steroid dienone is 1. The maximum absolute atomic E-state index is 10.8. The summed E-state index contributed by atoms with van der Waals surface area (Å²) in [5, 5.41) is 0.265. The molecule has 0 unspecified atom stereocenters. The van der Waals surface area contributed by atoms with Crippen LogP contribution >= 0.6 is 0 Å². The third-order valence-electron chi connectivity index (χ3n) is 4.04. The summed E-state index contributed by atoms with van der Waals surface area (Å²) in [7, 11) is -1.65. The van der Waals surface area contributed by atoms with Crippen LogP contribution in [0.4, 0.5) is 0 Å². The largest absolute Gasteiger partial charge is 0.459 e. The van der Waals surface area contributed by atoms with E-state index in [1.54, 1.807) is 0 Å². The van der Waals surface area contributed by atoms with E-state index in [0.717, 1.165) is 19.3 Å². The zero-order chi connectivity index (χ0) is 16.7. The zero-order valence-electron chi connectivity index (χ0n) is 15.2. The second kappa shape index (κ2) is 8.74. The maximum atomic E-state index is 10.8. The van der Waals surface area contributed by atoms with E-state index >= 15 is 0 Å². The second-order valence-corrected chi connectivity index (χ2v) is 12.1. The molecule has 0 aromatic rings. The molecule has 0 aromatic heterocycles. The number of ether oxygens (including phenoxy) is 1. The van der Waals surface area contributed by atoms with Gasteiger partial charge in [0.25, 0.3) is 0 Å². The molecular weight excluding hydrogens is 280 g/mol. The van der Waals surface area contributed by atoms with Gasteiger partial charge in [-0.1, -0.05) is 26.8 Å².